The number of aliphatic hydroxyl groups excluding tert-OH is 1. The molecule has 4 fully saturated rings. The van der Waals surface area contributed by atoms with E-state index in [2.05, 4.69) is 15.6 Å². The first-order chi connectivity index (χ1) is 18.8. The van der Waals surface area contributed by atoms with E-state index in [1.165, 1.54) is 38.3 Å². The Morgan fingerprint density at radius 2 is 1.85 bits per heavy atom. The van der Waals surface area contributed by atoms with Crippen LogP contribution < -0.4 is 11.1 Å². The van der Waals surface area contributed by atoms with Crippen molar-refractivity contribution in [1.29, 1.82) is 0 Å². The zero-order valence-corrected chi connectivity index (χ0v) is 24.1. The van der Waals surface area contributed by atoms with Crippen LogP contribution in [0.2, 0.25) is 0 Å². The van der Waals surface area contributed by atoms with Gasteiger partial charge in [-0.2, -0.15) is 0 Å². The molecule has 1 aromatic rings. The highest BCUT2D eigenvalue weighted by Crippen LogP contribution is 2.57. The molecule has 3 aliphatic carbocycles. The number of hydrogen-bond donors (Lipinski definition) is 4. The van der Waals surface area contributed by atoms with Crippen LogP contribution in [0.4, 0.5) is 0 Å². The van der Waals surface area contributed by atoms with Crippen LogP contribution in [-0.2, 0) is 20.0 Å². The number of aliphatic hydroxyl groups is 2. The number of nitrogens with zero attached hydrogens (tertiary/aromatic N) is 4. The van der Waals surface area contributed by atoms with Crippen LogP contribution in [0.3, 0.4) is 0 Å². The van der Waals surface area contributed by atoms with Crippen molar-refractivity contribution < 1.29 is 24.6 Å². The van der Waals surface area contributed by atoms with Crippen molar-refractivity contribution in [2.75, 3.05) is 6.54 Å². The molecule has 0 aromatic carbocycles. The number of hydrogen-bond acceptors (Lipinski definition) is 7. The molecule has 1 aromatic heterocycles. The van der Waals surface area contributed by atoms with Crippen molar-refractivity contribution in [3.8, 4) is 0 Å². The number of fused-ring (bicyclic) bond motifs is 2. The van der Waals surface area contributed by atoms with Crippen LogP contribution in [-0.4, -0.2) is 72.1 Å². The van der Waals surface area contributed by atoms with E-state index >= 15 is 0 Å². The summed E-state index contributed by atoms with van der Waals surface area (Å²) in [5, 5.41) is 32.7. The number of primary amides is 1. The highest BCUT2D eigenvalue weighted by molar-refractivity contribution is 5.90. The van der Waals surface area contributed by atoms with Gasteiger partial charge < -0.3 is 26.2 Å². The number of carbonyl (C=O) groups is 3. The molecule has 0 radical (unpaired) electrons. The molecule has 11 heteroatoms. The second-order valence-electron chi connectivity index (χ2n) is 13.8. The second-order valence-corrected chi connectivity index (χ2v) is 13.8. The monoisotopic (exact) mass is 558 g/mol. The van der Waals surface area contributed by atoms with Crippen LogP contribution in [0.1, 0.15) is 110 Å². The van der Waals surface area contributed by atoms with E-state index in [9.17, 15) is 24.6 Å². The third-order valence-corrected chi connectivity index (χ3v) is 10.4. The van der Waals surface area contributed by atoms with Crippen molar-refractivity contribution in [3.63, 3.8) is 0 Å². The van der Waals surface area contributed by atoms with Gasteiger partial charge in [-0.3, -0.25) is 14.4 Å². The summed E-state index contributed by atoms with van der Waals surface area (Å²) in [6.07, 6.45) is 10.5. The first kappa shape index (κ1) is 29.0. The van der Waals surface area contributed by atoms with Gasteiger partial charge in [0.25, 0.3) is 0 Å². The summed E-state index contributed by atoms with van der Waals surface area (Å²) < 4.78 is 1.63. The number of nitrogens with one attached hydrogen (secondary N) is 1. The third kappa shape index (κ3) is 5.38. The van der Waals surface area contributed by atoms with Crippen LogP contribution in [0.25, 0.3) is 0 Å². The molecule has 1 saturated heterocycles. The quantitative estimate of drug-likeness (QED) is 0.360. The maximum absolute atomic E-state index is 14.1. The fourth-order valence-corrected chi connectivity index (χ4v) is 8.30. The summed E-state index contributed by atoms with van der Waals surface area (Å²) >= 11 is 0. The number of aromatic nitrogens is 3. The van der Waals surface area contributed by atoms with E-state index in [1.54, 1.807) is 23.4 Å². The van der Waals surface area contributed by atoms with E-state index in [0.29, 0.717) is 18.5 Å². The Kier molecular flexibility index (Phi) is 7.76. The third-order valence-electron chi connectivity index (χ3n) is 10.4. The van der Waals surface area contributed by atoms with Gasteiger partial charge >= 0.3 is 0 Å². The molecule has 1 aliphatic heterocycles. The minimum absolute atomic E-state index is 0.0644. The van der Waals surface area contributed by atoms with Gasteiger partial charge in [-0.15, -0.1) is 5.10 Å². The van der Waals surface area contributed by atoms with Gasteiger partial charge in [0.05, 0.1) is 23.5 Å². The number of rotatable bonds is 9. The van der Waals surface area contributed by atoms with Gasteiger partial charge in [0.15, 0.2) is 6.10 Å². The van der Waals surface area contributed by atoms with Gasteiger partial charge in [-0.05, 0) is 76.5 Å². The van der Waals surface area contributed by atoms with Gasteiger partial charge in [0.1, 0.15) is 11.6 Å². The van der Waals surface area contributed by atoms with Crippen molar-refractivity contribution >= 4 is 17.7 Å². The average Bonchev–Trinajstić information content (AvgIpc) is 3.70. The minimum Gasteiger partial charge on any atom is -0.384 e. The molecule has 5 N–H and O–H groups in total. The normalized spacial score (nSPS) is 31.2. The highest BCUT2D eigenvalue weighted by Gasteiger charge is 2.50. The molecule has 3 amide bonds. The first-order valence-corrected chi connectivity index (χ1v) is 15.1. The van der Waals surface area contributed by atoms with Gasteiger partial charge in [-0.25, -0.2) is 4.68 Å². The molecule has 2 unspecified atom stereocenters. The second kappa shape index (κ2) is 10.7. The van der Waals surface area contributed by atoms with Gasteiger partial charge in [0, 0.05) is 18.9 Å². The number of likely N-dealkylation sites (tertiary alicyclic amines) is 1. The van der Waals surface area contributed by atoms with Gasteiger partial charge in [0.2, 0.25) is 17.7 Å². The number of nitrogens with two attached hydrogens (primary N) is 1. The fraction of sp³-hybridized carbons (Fsp3) is 0.828. The Morgan fingerprint density at radius 3 is 2.42 bits per heavy atom. The van der Waals surface area contributed by atoms with Crippen LogP contribution >= 0.6 is 0 Å². The zero-order valence-electron chi connectivity index (χ0n) is 24.1. The summed E-state index contributed by atoms with van der Waals surface area (Å²) in [4.78, 5) is 41.8. The molecule has 11 nitrogen and oxygen atoms in total. The predicted octanol–water partition coefficient (Wildman–Crippen LogP) is 1.92. The van der Waals surface area contributed by atoms with Crippen LogP contribution in [0.5, 0.6) is 0 Å². The Bertz CT molecular complexity index is 1110. The maximum atomic E-state index is 14.1. The lowest BCUT2D eigenvalue weighted by Gasteiger charge is -2.41. The van der Waals surface area contributed by atoms with Crippen molar-refractivity contribution in [3.05, 3.63) is 11.9 Å². The molecule has 4 atom stereocenters. The Hall–Kier alpha value is -2.53. The number of carbonyl (C=O) groups excluding carboxylic acids is 3. The molecular formula is C29H46N6O5. The van der Waals surface area contributed by atoms with Crippen molar-refractivity contribution in [2.24, 2.45) is 23.0 Å². The molecule has 40 heavy (non-hydrogen) atoms. The summed E-state index contributed by atoms with van der Waals surface area (Å²) in [7, 11) is 0. The van der Waals surface area contributed by atoms with E-state index in [1.807, 2.05) is 6.92 Å². The van der Waals surface area contributed by atoms with E-state index in [4.69, 9.17) is 5.73 Å². The maximum Gasteiger partial charge on any atom is 0.248 e. The first-order valence-electron chi connectivity index (χ1n) is 15.1. The van der Waals surface area contributed by atoms with Crippen molar-refractivity contribution in [1.82, 2.24) is 25.2 Å². The minimum atomic E-state index is -1.51. The number of amides is 3. The summed E-state index contributed by atoms with van der Waals surface area (Å²) in [5.41, 5.74) is 3.89. The summed E-state index contributed by atoms with van der Waals surface area (Å²) in [6.45, 7) is 5.54. The summed E-state index contributed by atoms with van der Waals surface area (Å²) in [6, 6.07) is -1.17. The Morgan fingerprint density at radius 1 is 1.18 bits per heavy atom. The average molecular weight is 559 g/mol. The fourth-order valence-electron chi connectivity index (χ4n) is 8.30. The molecule has 5 rings (SSSR count). The molecule has 2 heterocycles. The zero-order chi connectivity index (χ0) is 28.9. The van der Waals surface area contributed by atoms with Crippen molar-refractivity contribution in [2.45, 2.75) is 127 Å². The standard InChI is InChI=1S/C29H46N6O5/c1-18(14-28-11-7-19(15-28)8-12-28)26(39)34-17-20(35-22(16-31-33-35)27(2,3)40)13-21(34)25(38)32-29(23(36)24(30)37)9-5-4-6-10-29/h16,18-21,23,36,40H,4-15,17H2,1-3H3,(H2,30,37)(H,32,38)/t18?,19?,20-,21-,23?,28?/m0/s1. The Balaban J connectivity index is 1.41. The van der Waals surface area contributed by atoms with Crippen LogP contribution in [0.15, 0.2) is 6.20 Å². The molecule has 4 aliphatic rings. The van der Waals surface area contributed by atoms with Crippen LogP contribution in [0, 0.1) is 17.3 Å². The molecule has 3 saturated carbocycles. The van der Waals surface area contributed by atoms with Gasteiger partial charge in [-0.1, -0.05) is 31.4 Å². The molecule has 2 bridgehead atoms. The SMILES string of the molecule is CC(CC12CCC(CC1)C2)C(=O)N1C[C@@H](n2nncc2C(C)(C)O)C[C@H]1C(=O)NC1(C(O)C(N)=O)CCCCC1. The topological polar surface area (TPSA) is 164 Å². The lowest BCUT2D eigenvalue weighted by Crippen LogP contribution is -2.64. The largest absolute Gasteiger partial charge is 0.384 e. The molecule has 0 spiro atoms. The van der Waals surface area contributed by atoms with E-state index < -0.39 is 35.1 Å². The summed E-state index contributed by atoms with van der Waals surface area (Å²) in [5.74, 6) is -0.778. The lowest BCUT2D eigenvalue weighted by molar-refractivity contribution is -0.145. The molecule has 222 valence electrons. The molecular weight excluding hydrogens is 512 g/mol. The lowest BCUT2D eigenvalue weighted by atomic mass is 9.76. The predicted molar refractivity (Wildman–Crippen MR) is 146 cm³/mol. The van der Waals surface area contributed by atoms with E-state index in [0.717, 1.165) is 31.6 Å². The van der Waals surface area contributed by atoms with E-state index in [-0.39, 0.29) is 36.2 Å². The highest BCUT2D eigenvalue weighted by atomic mass is 16.3. The Labute approximate surface area is 236 Å². The smallest absolute Gasteiger partial charge is 0.248 e.